The molecule has 2 aromatic carbocycles. The first-order chi connectivity index (χ1) is 11.5. The summed E-state index contributed by atoms with van der Waals surface area (Å²) < 4.78 is 0. The molecule has 0 fully saturated rings. The summed E-state index contributed by atoms with van der Waals surface area (Å²) in [6.07, 6.45) is 5.74. The first-order valence-electron chi connectivity index (χ1n) is 9.01. The molecule has 0 aromatic heterocycles. The van der Waals surface area contributed by atoms with Crippen LogP contribution in [0, 0.1) is 27.7 Å². The maximum atomic E-state index is 10.9. The van der Waals surface area contributed by atoms with Crippen LogP contribution in [0.2, 0.25) is 0 Å². The molecular formula is C23H28O. The van der Waals surface area contributed by atoms with E-state index in [1.165, 1.54) is 46.2 Å². The average molecular weight is 320 g/mol. The first kappa shape index (κ1) is 16.8. The number of fused-ring (bicyclic) bond motifs is 1. The number of aromatic hydroxyl groups is 1. The number of benzene rings is 2. The van der Waals surface area contributed by atoms with E-state index in [1.54, 1.807) is 0 Å². The molecule has 1 N–H and O–H groups in total. The highest BCUT2D eigenvalue weighted by molar-refractivity contribution is 5.80. The average Bonchev–Trinajstić information content (AvgIpc) is 2.61. The lowest BCUT2D eigenvalue weighted by molar-refractivity contribution is 0.467. The van der Waals surface area contributed by atoms with Crippen molar-refractivity contribution in [1.82, 2.24) is 0 Å². The SMILES string of the molecule is CC=C(c1c(C)c(C)c(C)c(C)c1O)C1CCCc2ccccc21. The molecule has 0 saturated heterocycles. The molecule has 0 saturated carbocycles. The predicted molar refractivity (Wildman–Crippen MR) is 103 cm³/mol. The maximum absolute atomic E-state index is 10.9. The molecule has 1 aliphatic rings. The molecule has 0 heterocycles. The smallest absolute Gasteiger partial charge is 0.126 e. The highest BCUT2D eigenvalue weighted by atomic mass is 16.3. The van der Waals surface area contributed by atoms with Crippen LogP contribution in [0.3, 0.4) is 0 Å². The third-order valence-electron chi connectivity index (χ3n) is 6.00. The quantitative estimate of drug-likeness (QED) is 0.703. The minimum absolute atomic E-state index is 0.381. The van der Waals surface area contributed by atoms with Crippen molar-refractivity contribution in [3.05, 3.63) is 69.3 Å². The Kier molecular flexibility index (Phi) is 4.54. The van der Waals surface area contributed by atoms with E-state index in [0.29, 0.717) is 11.7 Å². The van der Waals surface area contributed by atoms with E-state index in [9.17, 15) is 5.11 Å². The zero-order chi connectivity index (χ0) is 17.4. The van der Waals surface area contributed by atoms with Gasteiger partial charge < -0.3 is 5.11 Å². The lowest BCUT2D eigenvalue weighted by atomic mass is 9.74. The van der Waals surface area contributed by atoms with Gasteiger partial charge >= 0.3 is 0 Å². The Bertz CT molecular complexity index is 782. The third kappa shape index (κ3) is 2.56. The van der Waals surface area contributed by atoms with Gasteiger partial charge in [0.05, 0.1) is 0 Å². The highest BCUT2D eigenvalue weighted by Crippen LogP contribution is 2.46. The molecule has 0 aliphatic heterocycles. The zero-order valence-electron chi connectivity index (χ0n) is 15.5. The molecule has 3 rings (SSSR count). The molecule has 1 atom stereocenters. The molecule has 1 heteroatoms. The van der Waals surface area contributed by atoms with Gasteiger partial charge in [0, 0.05) is 11.5 Å². The van der Waals surface area contributed by atoms with Crippen LogP contribution in [0.1, 0.15) is 64.6 Å². The summed E-state index contributed by atoms with van der Waals surface area (Å²) in [7, 11) is 0. The van der Waals surface area contributed by atoms with Crippen LogP contribution < -0.4 is 0 Å². The molecular weight excluding hydrogens is 292 g/mol. The number of aryl methyl sites for hydroxylation is 1. The zero-order valence-corrected chi connectivity index (χ0v) is 15.5. The molecule has 126 valence electrons. The Labute approximate surface area is 146 Å². The van der Waals surface area contributed by atoms with Crippen molar-refractivity contribution in [2.75, 3.05) is 0 Å². The molecule has 24 heavy (non-hydrogen) atoms. The molecule has 1 unspecified atom stereocenters. The van der Waals surface area contributed by atoms with Crippen molar-refractivity contribution in [3.8, 4) is 5.75 Å². The predicted octanol–water partition coefficient (Wildman–Crippen LogP) is 6.15. The molecule has 1 nitrogen and oxygen atoms in total. The van der Waals surface area contributed by atoms with Crippen molar-refractivity contribution in [2.45, 2.75) is 59.8 Å². The van der Waals surface area contributed by atoms with Gasteiger partial charge in [-0.2, -0.15) is 0 Å². The van der Waals surface area contributed by atoms with Crippen LogP contribution in [0.5, 0.6) is 5.75 Å². The lowest BCUT2D eigenvalue weighted by Crippen LogP contribution is -2.13. The van der Waals surface area contributed by atoms with Crippen LogP contribution in [0.25, 0.3) is 5.57 Å². The van der Waals surface area contributed by atoms with Gasteiger partial charge in [0.25, 0.3) is 0 Å². The molecule has 0 radical (unpaired) electrons. The summed E-state index contributed by atoms with van der Waals surface area (Å²) in [6, 6.07) is 8.80. The van der Waals surface area contributed by atoms with Gasteiger partial charge in [-0.05, 0) is 92.8 Å². The monoisotopic (exact) mass is 320 g/mol. The fourth-order valence-electron chi connectivity index (χ4n) is 4.24. The Morgan fingerprint density at radius 1 is 1.00 bits per heavy atom. The Morgan fingerprint density at radius 2 is 1.67 bits per heavy atom. The molecule has 1 aliphatic carbocycles. The van der Waals surface area contributed by atoms with Gasteiger partial charge in [-0.1, -0.05) is 30.3 Å². The Hall–Kier alpha value is -2.02. The summed E-state index contributed by atoms with van der Waals surface area (Å²) in [5, 5.41) is 10.9. The summed E-state index contributed by atoms with van der Waals surface area (Å²) in [6.45, 7) is 10.6. The van der Waals surface area contributed by atoms with E-state index in [0.717, 1.165) is 17.5 Å². The number of phenols is 1. The van der Waals surface area contributed by atoms with Crippen molar-refractivity contribution in [3.63, 3.8) is 0 Å². The van der Waals surface area contributed by atoms with E-state index in [4.69, 9.17) is 0 Å². The van der Waals surface area contributed by atoms with Crippen molar-refractivity contribution < 1.29 is 5.11 Å². The van der Waals surface area contributed by atoms with E-state index in [2.05, 4.69) is 58.0 Å². The van der Waals surface area contributed by atoms with Gasteiger partial charge in [-0.3, -0.25) is 0 Å². The van der Waals surface area contributed by atoms with Crippen molar-refractivity contribution in [1.29, 1.82) is 0 Å². The fourth-order valence-corrected chi connectivity index (χ4v) is 4.24. The van der Waals surface area contributed by atoms with Gasteiger partial charge in [0.2, 0.25) is 0 Å². The summed E-state index contributed by atoms with van der Waals surface area (Å²) >= 11 is 0. The van der Waals surface area contributed by atoms with Crippen LogP contribution >= 0.6 is 0 Å². The number of hydrogen-bond acceptors (Lipinski definition) is 1. The second kappa shape index (κ2) is 6.47. The second-order valence-electron chi connectivity index (χ2n) is 7.11. The Morgan fingerprint density at radius 3 is 2.38 bits per heavy atom. The van der Waals surface area contributed by atoms with Crippen molar-refractivity contribution >= 4 is 5.57 Å². The van der Waals surface area contributed by atoms with E-state index in [-0.39, 0.29) is 0 Å². The van der Waals surface area contributed by atoms with Gasteiger partial charge in [0.1, 0.15) is 5.75 Å². The Balaban J connectivity index is 2.20. The van der Waals surface area contributed by atoms with E-state index in [1.807, 2.05) is 6.92 Å². The minimum Gasteiger partial charge on any atom is -0.507 e. The molecule has 0 amide bonds. The fraction of sp³-hybridized carbons (Fsp3) is 0.391. The lowest BCUT2D eigenvalue weighted by Gasteiger charge is -2.30. The summed E-state index contributed by atoms with van der Waals surface area (Å²) in [5.41, 5.74) is 9.96. The highest BCUT2D eigenvalue weighted by Gasteiger charge is 2.27. The first-order valence-corrected chi connectivity index (χ1v) is 9.01. The second-order valence-corrected chi connectivity index (χ2v) is 7.11. The topological polar surface area (TPSA) is 20.2 Å². The van der Waals surface area contributed by atoms with Crippen LogP contribution in [0.15, 0.2) is 30.3 Å². The number of phenolic OH excluding ortho intramolecular Hbond substituents is 1. The molecule has 2 aromatic rings. The third-order valence-corrected chi connectivity index (χ3v) is 6.00. The minimum atomic E-state index is 0.381. The maximum Gasteiger partial charge on any atom is 0.126 e. The number of hydrogen-bond donors (Lipinski definition) is 1. The van der Waals surface area contributed by atoms with Crippen LogP contribution in [0.4, 0.5) is 0 Å². The van der Waals surface area contributed by atoms with E-state index < -0.39 is 0 Å². The standard InChI is InChI=1S/C23H28O/c1-6-19(21-13-9-11-18-10-7-8-12-20(18)21)22-16(4)14(2)15(3)17(5)23(22)24/h6-8,10,12,21,24H,9,11,13H2,1-5H3. The van der Waals surface area contributed by atoms with Crippen LogP contribution in [-0.4, -0.2) is 5.11 Å². The molecule has 0 bridgehead atoms. The summed E-state index contributed by atoms with van der Waals surface area (Å²) in [4.78, 5) is 0. The largest absolute Gasteiger partial charge is 0.507 e. The van der Waals surface area contributed by atoms with E-state index >= 15 is 0 Å². The normalized spacial score (nSPS) is 17.7. The van der Waals surface area contributed by atoms with Gasteiger partial charge in [-0.25, -0.2) is 0 Å². The van der Waals surface area contributed by atoms with Crippen LogP contribution in [-0.2, 0) is 6.42 Å². The van der Waals surface area contributed by atoms with Gasteiger partial charge in [-0.15, -0.1) is 0 Å². The van der Waals surface area contributed by atoms with Crippen molar-refractivity contribution in [2.24, 2.45) is 0 Å². The number of allylic oxidation sites excluding steroid dienone is 2. The van der Waals surface area contributed by atoms with Gasteiger partial charge in [0.15, 0.2) is 0 Å². The number of rotatable bonds is 2. The molecule has 0 spiro atoms. The summed E-state index contributed by atoms with van der Waals surface area (Å²) in [5.74, 6) is 0.845.